The van der Waals surface area contributed by atoms with Crippen LogP contribution in [0.25, 0.3) is 0 Å². The van der Waals surface area contributed by atoms with E-state index in [1.54, 1.807) is 23.1 Å². The summed E-state index contributed by atoms with van der Waals surface area (Å²) in [5, 5.41) is 10.1. The van der Waals surface area contributed by atoms with Gasteiger partial charge in [-0.15, -0.1) is 0 Å². The number of carboxylic acid groups (broad SMARTS) is 1. The first kappa shape index (κ1) is 16.1. The molecule has 1 fully saturated rings. The van der Waals surface area contributed by atoms with Crippen molar-refractivity contribution < 1.29 is 14.7 Å². The van der Waals surface area contributed by atoms with E-state index in [-0.39, 0.29) is 24.8 Å². The molecule has 1 amide bonds. The third kappa shape index (κ3) is 4.11. The summed E-state index contributed by atoms with van der Waals surface area (Å²) in [6.45, 7) is 2.82. The van der Waals surface area contributed by atoms with E-state index in [0.29, 0.717) is 28.6 Å². The van der Waals surface area contributed by atoms with Gasteiger partial charge < -0.3 is 10.0 Å². The molecule has 4 nitrogen and oxygen atoms in total. The van der Waals surface area contributed by atoms with Crippen molar-refractivity contribution in [3.8, 4) is 0 Å². The van der Waals surface area contributed by atoms with Gasteiger partial charge >= 0.3 is 5.97 Å². The molecule has 1 aromatic rings. The predicted molar refractivity (Wildman–Crippen MR) is 81.7 cm³/mol. The molecule has 1 aromatic carbocycles. The maximum atomic E-state index is 12.4. The van der Waals surface area contributed by atoms with Crippen molar-refractivity contribution in [2.75, 3.05) is 13.1 Å². The number of hydrogen-bond acceptors (Lipinski definition) is 2. The van der Waals surface area contributed by atoms with E-state index < -0.39 is 11.9 Å². The van der Waals surface area contributed by atoms with Crippen LogP contribution in [0.5, 0.6) is 0 Å². The average molecular weight is 330 g/mol. The number of carbonyl (C=O) groups excluding carboxylic acids is 1. The van der Waals surface area contributed by atoms with E-state index in [0.717, 1.165) is 0 Å². The first-order valence-corrected chi connectivity index (χ1v) is 7.57. The van der Waals surface area contributed by atoms with Crippen molar-refractivity contribution in [3.63, 3.8) is 0 Å². The van der Waals surface area contributed by atoms with Crippen LogP contribution >= 0.6 is 23.2 Å². The molecule has 0 aliphatic carbocycles. The number of halogens is 2. The first-order chi connectivity index (χ1) is 9.86. The minimum absolute atomic E-state index is 0.1000. The highest BCUT2D eigenvalue weighted by Gasteiger charge is 2.31. The van der Waals surface area contributed by atoms with Crippen LogP contribution in [0.1, 0.15) is 18.9 Å². The fraction of sp³-hybridized carbons (Fsp3) is 0.467. The van der Waals surface area contributed by atoms with Crippen LogP contribution in [0.4, 0.5) is 0 Å². The van der Waals surface area contributed by atoms with Gasteiger partial charge in [0.05, 0.1) is 12.3 Å². The molecule has 114 valence electrons. The Bertz CT molecular complexity index is 562. The zero-order valence-corrected chi connectivity index (χ0v) is 13.2. The maximum absolute atomic E-state index is 12.4. The summed E-state index contributed by atoms with van der Waals surface area (Å²) in [6, 6.07) is 5.02. The summed E-state index contributed by atoms with van der Waals surface area (Å²) in [4.78, 5) is 25.1. The lowest BCUT2D eigenvalue weighted by Crippen LogP contribution is -2.46. The molecule has 2 atom stereocenters. The van der Waals surface area contributed by atoms with Gasteiger partial charge in [-0.25, -0.2) is 0 Å². The Balaban J connectivity index is 2.07. The van der Waals surface area contributed by atoms with Gasteiger partial charge in [0, 0.05) is 23.1 Å². The number of benzene rings is 1. The second-order valence-electron chi connectivity index (χ2n) is 5.59. The van der Waals surface area contributed by atoms with E-state index in [1.807, 2.05) is 6.92 Å². The van der Waals surface area contributed by atoms with Crippen LogP contribution in [-0.2, 0) is 16.0 Å². The number of aliphatic carboxylic acids is 1. The molecule has 2 rings (SSSR count). The van der Waals surface area contributed by atoms with E-state index in [4.69, 9.17) is 28.3 Å². The summed E-state index contributed by atoms with van der Waals surface area (Å²) in [7, 11) is 0. The summed E-state index contributed by atoms with van der Waals surface area (Å²) < 4.78 is 0. The molecule has 2 unspecified atom stereocenters. The smallest absolute Gasteiger partial charge is 0.308 e. The second kappa shape index (κ2) is 6.67. The predicted octanol–water partition coefficient (Wildman–Crippen LogP) is 3.11. The van der Waals surface area contributed by atoms with Crippen LogP contribution in [0.3, 0.4) is 0 Å². The molecule has 1 N–H and O–H groups in total. The monoisotopic (exact) mass is 329 g/mol. The molecule has 0 bridgehead atoms. The molecule has 0 saturated carbocycles. The van der Waals surface area contributed by atoms with Crippen molar-refractivity contribution in [2.45, 2.75) is 19.8 Å². The van der Waals surface area contributed by atoms with E-state index in [9.17, 15) is 9.59 Å². The molecule has 21 heavy (non-hydrogen) atoms. The number of hydrogen-bond donors (Lipinski definition) is 1. The largest absolute Gasteiger partial charge is 0.481 e. The van der Waals surface area contributed by atoms with Gasteiger partial charge in [0.25, 0.3) is 0 Å². The molecular weight excluding hydrogens is 313 g/mol. The number of piperidine rings is 1. The fourth-order valence-corrected chi connectivity index (χ4v) is 3.15. The van der Waals surface area contributed by atoms with E-state index in [2.05, 4.69) is 0 Å². The third-order valence-corrected chi connectivity index (χ3v) is 4.31. The van der Waals surface area contributed by atoms with Crippen LogP contribution in [0.2, 0.25) is 10.0 Å². The van der Waals surface area contributed by atoms with Gasteiger partial charge in [-0.3, -0.25) is 9.59 Å². The molecule has 1 heterocycles. The number of carbonyl (C=O) groups is 2. The Morgan fingerprint density at radius 2 is 2.05 bits per heavy atom. The number of likely N-dealkylation sites (tertiary alicyclic amines) is 1. The first-order valence-electron chi connectivity index (χ1n) is 6.81. The topological polar surface area (TPSA) is 57.6 Å². The third-order valence-electron chi connectivity index (χ3n) is 3.72. The highest BCUT2D eigenvalue weighted by Crippen LogP contribution is 2.25. The van der Waals surface area contributed by atoms with Gasteiger partial charge in [-0.1, -0.05) is 36.2 Å². The van der Waals surface area contributed by atoms with Crippen LogP contribution in [0.15, 0.2) is 18.2 Å². The standard InChI is InChI=1S/C15H17Cl2NO3/c1-9-4-11(15(20)21)8-18(7-9)14(19)5-10-2-3-12(16)6-13(10)17/h2-3,6,9,11H,4-5,7-8H2,1H3,(H,20,21). The van der Waals surface area contributed by atoms with Crippen molar-refractivity contribution in [2.24, 2.45) is 11.8 Å². The number of carboxylic acids is 1. The minimum atomic E-state index is -0.844. The zero-order valence-electron chi connectivity index (χ0n) is 11.7. The average Bonchev–Trinajstić information content (AvgIpc) is 2.41. The molecule has 0 spiro atoms. The minimum Gasteiger partial charge on any atom is -0.481 e. The normalized spacial score (nSPS) is 22.1. The number of nitrogens with zero attached hydrogens (tertiary/aromatic N) is 1. The SMILES string of the molecule is CC1CC(C(=O)O)CN(C(=O)Cc2ccc(Cl)cc2Cl)C1. The molecule has 0 aromatic heterocycles. The highest BCUT2D eigenvalue weighted by atomic mass is 35.5. The Morgan fingerprint density at radius 3 is 2.67 bits per heavy atom. The molecule has 1 aliphatic heterocycles. The zero-order chi connectivity index (χ0) is 15.6. The highest BCUT2D eigenvalue weighted by molar-refractivity contribution is 6.35. The van der Waals surface area contributed by atoms with Crippen molar-refractivity contribution in [1.82, 2.24) is 4.90 Å². The fourth-order valence-electron chi connectivity index (χ4n) is 2.67. The van der Waals surface area contributed by atoms with Crippen molar-refractivity contribution >= 4 is 35.1 Å². The molecule has 0 radical (unpaired) electrons. The lowest BCUT2D eigenvalue weighted by atomic mass is 9.90. The molecule has 6 heteroatoms. The van der Waals surface area contributed by atoms with Gasteiger partial charge in [-0.2, -0.15) is 0 Å². The molecule has 1 aliphatic rings. The molecular formula is C15H17Cl2NO3. The van der Waals surface area contributed by atoms with E-state index >= 15 is 0 Å². The van der Waals surface area contributed by atoms with Gasteiger partial charge in [0.1, 0.15) is 0 Å². The Kier molecular flexibility index (Phi) is 5.12. The quantitative estimate of drug-likeness (QED) is 0.926. The van der Waals surface area contributed by atoms with Crippen LogP contribution in [0, 0.1) is 11.8 Å². The summed E-state index contributed by atoms with van der Waals surface area (Å²) in [5.74, 6) is -1.25. The maximum Gasteiger partial charge on any atom is 0.308 e. The lowest BCUT2D eigenvalue weighted by Gasteiger charge is -2.34. The van der Waals surface area contributed by atoms with Crippen molar-refractivity contribution in [1.29, 1.82) is 0 Å². The van der Waals surface area contributed by atoms with Gasteiger partial charge in [-0.05, 0) is 30.0 Å². The Labute approximate surface area is 133 Å². The summed E-state index contributed by atoms with van der Waals surface area (Å²) in [5.41, 5.74) is 0.705. The van der Waals surface area contributed by atoms with Crippen molar-refractivity contribution in [3.05, 3.63) is 33.8 Å². The Morgan fingerprint density at radius 1 is 1.33 bits per heavy atom. The second-order valence-corrected chi connectivity index (χ2v) is 6.43. The molecule has 1 saturated heterocycles. The van der Waals surface area contributed by atoms with Crippen LogP contribution in [-0.4, -0.2) is 35.0 Å². The van der Waals surface area contributed by atoms with Gasteiger partial charge in [0.2, 0.25) is 5.91 Å². The lowest BCUT2D eigenvalue weighted by molar-refractivity contribution is -0.146. The summed E-state index contributed by atoms with van der Waals surface area (Å²) >= 11 is 11.9. The van der Waals surface area contributed by atoms with E-state index in [1.165, 1.54) is 0 Å². The van der Waals surface area contributed by atoms with Gasteiger partial charge in [0.15, 0.2) is 0 Å². The Hall–Kier alpha value is -1.26. The van der Waals surface area contributed by atoms with Crippen LogP contribution < -0.4 is 0 Å². The number of rotatable bonds is 3. The summed E-state index contributed by atoms with van der Waals surface area (Å²) in [6.07, 6.45) is 0.774. The number of amides is 1.